The lowest BCUT2D eigenvalue weighted by molar-refractivity contribution is -0.137. The fourth-order valence-electron chi connectivity index (χ4n) is 2.41. The number of pyridine rings is 1. The molecule has 0 aliphatic rings. The molecule has 13 heteroatoms. The van der Waals surface area contributed by atoms with Gasteiger partial charge < -0.3 is 9.88 Å². The van der Waals surface area contributed by atoms with Crippen LogP contribution in [-0.2, 0) is 12.7 Å². The second-order valence-corrected chi connectivity index (χ2v) is 6.43. The quantitative estimate of drug-likeness (QED) is 0.624. The maximum atomic E-state index is 12.6. The number of nitrogens with zero attached hydrogens (tertiary/aromatic N) is 6. The SMILES string of the molecule is CC(C)n1c(CNC(=O)c2cn(-c3ccc(C(F)(F)F)cn3)nn2)n[nH]c1=S. The number of aromatic nitrogens is 7. The molecule has 0 aromatic carbocycles. The summed E-state index contributed by atoms with van der Waals surface area (Å²) in [5, 5.41) is 16.8. The zero-order valence-electron chi connectivity index (χ0n) is 14.7. The highest BCUT2D eigenvalue weighted by Crippen LogP contribution is 2.28. The minimum absolute atomic E-state index is 0.0214. The standard InChI is InChI=1S/C15H15F3N8OS/c1-8(2)26-12(22-23-14(26)28)6-20-13(27)10-7-25(24-21-10)11-4-3-9(5-19-11)15(16,17)18/h3-5,7-8H,6H2,1-2H3,(H,20,27)(H,23,28). The molecule has 3 rings (SSSR count). The van der Waals surface area contributed by atoms with Gasteiger partial charge in [0.2, 0.25) is 0 Å². The molecule has 3 aromatic heterocycles. The molecule has 0 saturated carbocycles. The highest BCUT2D eigenvalue weighted by Gasteiger charge is 2.30. The zero-order valence-corrected chi connectivity index (χ0v) is 15.5. The van der Waals surface area contributed by atoms with Crippen LogP contribution < -0.4 is 5.32 Å². The first-order valence-corrected chi connectivity index (χ1v) is 8.47. The second kappa shape index (κ2) is 7.50. The number of carbonyl (C=O) groups is 1. The molecule has 3 heterocycles. The second-order valence-electron chi connectivity index (χ2n) is 6.04. The first kappa shape index (κ1) is 19.7. The number of nitrogens with one attached hydrogen (secondary N) is 2. The van der Waals surface area contributed by atoms with Crippen molar-refractivity contribution >= 4 is 18.1 Å². The predicted octanol–water partition coefficient (Wildman–Crippen LogP) is 2.45. The number of rotatable bonds is 5. The molecule has 3 aromatic rings. The fourth-order valence-corrected chi connectivity index (χ4v) is 2.78. The van der Waals surface area contributed by atoms with E-state index in [1.54, 1.807) is 4.57 Å². The summed E-state index contributed by atoms with van der Waals surface area (Å²) in [7, 11) is 0. The lowest BCUT2D eigenvalue weighted by Crippen LogP contribution is -2.25. The fraction of sp³-hybridized carbons (Fsp3) is 0.333. The Morgan fingerprint density at radius 2 is 2.11 bits per heavy atom. The molecule has 0 aliphatic carbocycles. The molecule has 0 fully saturated rings. The number of amides is 1. The van der Waals surface area contributed by atoms with E-state index in [2.05, 4.69) is 30.8 Å². The van der Waals surface area contributed by atoms with Gasteiger partial charge in [-0.25, -0.2) is 9.67 Å². The molecule has 148 valence electrons. The molecule has 1 amide bonds. The van der Waals surface area contributed by atoms with Gasteiger partial charge in [0, 0.05) is 12.2 Å². The van der Waals surface area contributed by atoms with Crippen LogP contribution in [0.3, 0.4) is 0 Å². The Bertz CT molecular complexity index is 1030. The van der Waals surface area contributed by atoms with Crippen molar-refractivity contribution in [3.05, 3.63) is 46.4 Å². The molecule has 28 heavy (non-hydrogen) atoms. The minimum Gasteiger partial charge on any atom is -0.343 e. The van der Waals surface area contributed by atoms with Crippen molar-refractivity contribution in [2.45, 2.75) is 32.6 Å². The summed E-state index contributed by atoms with van der Waals surface area (Å²) in [6, 6.07) is 2.07. The minimum atomic E-state index is -4.48. The Balaban J connectivity index is 1.70. The van der Waals surface area contributed by atoms with Gasteiger partial charge in [0.25, 0.3) is 5.91 Å². The highest BCUT2D eigenvalue weighted by molar-refractivity contribution is 7.71. The van der Waals surface area contributed by atoms with E-state index >= 15 is 0 Å². The largest absolute Gasteiger partial charge is 0.417 e. The smallest absolute Gasteiger partial charge is 0.343 e. The van der Waals surface area contributed by atoms with Crippen molar-refractivity contribution in [2.75, 3.05) is 0 Å². The molecule has 0 bridgehead atoms. The summed E-state index contributed by atoms with van der Waals surface area (Å²) in [5.41, 5.74) is -0.903. The van der Waals surface area contributed by atoms with Crippen LogP contribution in [0.15, 0.2) is 24.5 Å². The summed E-state index contributed by atoms with van der Waals surface area (Å²) >= 11 is 5.14. The zero-order chi connectivity index (χ0) is 20.5. The lowest BCUT2D eigenvalue weighted by atomic mass is 10.3. The molecule has 0 unspecified atom stereocenters. The van der Waals surface area contributed by atoms with Crippen molar-refractivity contribution in [3.63, 3.8) is 0 Å². The monoisotopic (exact) mass is 412 g/mol. The third-order valence-electron chi connectivity index (χ3n) is 3.74. The summed E-state index contributed by atoms with van der Waals surface area (Å²) in [6.45, 7) is 3.97. The van der Waals surface area contributed by atoms with Crippen LogP contribution in [0.2, 0.25) is 0 Å². The Morgan fingerprint density at radius 1 is 1.36 bits per heavy atom. The van der Waals surface area contributed by atoms with Crippen molar-refractivity contribution < 1.29 is 18.0 Å². The third-order valence-corrected chi connectivity index (χ3v) is 4.02. The van der Waals surface area contributed by atoms with Gasteiger partial charge in [0.1, 0.15) is 0 Å². The predicted molar refractivity (Wildman–Crippen MR) is 93.1 cm³/mol. The van der Waals surface area contributed by atoms with Gasteiger partial charge >= 0.3 is 6.18 Å². The molecular weight excluding hydrogens is 397 g/mol. The summed E-state index contributed by atoms with van der Waals surface area (Å²) in [6.07, 6.45) is -2.53. The van der Waals surface area contributed by atoms with E-state index < -0.39 is 17.6 Å². The van der Waals surface area contributed by atoms with E-state index in [9.17, 15) is 18.0 Å². The number of alkyl halides is 3. The number of carbonyl (C=O) groups excluding carboxylic acids is 1. The van der Waals surface area contributed by atoms with Crippen molar-refractivity contribution in [1.82, 2.24) is 40.1 Å². The topological polar surface area (TPSA) is 106 Å². The van der Waals surface area contributed by atoms with E-state index in [1.165, 1.54) is 6.20 Å². The maximum Gasteiger partial charge on any atom is 0.417 e. The molecule has 0 radical (unpaired) electrons. The van der Waals surface area contributed by atoms with Gasteiger partial charge in [-0.3, -0.25) is 9.89 Å². The van der Waals surface area contributed by atoms with E-state index in [1.807, 2.05) is 13.8 Å². The summed E-state index contributed by atoms with van der Waals surface area (Å²) < 4.78 is 41.1. The van der Waals surface area contributed by atoms with Crippen molar-refractivity contribution in [2.24, 2.45) is 0 Å². The van der Waals surface area contributed by atoms with Crippen LogP contribution in [-0.4, -0.2) is 40.6 Å². The molecule has 0 aliphatic heterocycles. The Labute approximate surface area is 161 Å². The van der Waals surface area contributed by atoms with Gasteiger partial charge in [0.05, 0.1) is 18.3 Å². The van der Waals surface area contributed by atoms with Crippen LogP contribution in [0.5, 0.6) is 0 Å². The van der Waals surface area contributed by atoms with E-state index in [0.29, 0.717) is 16.8 Å². The van der Waals surface area contributed by atoms with Crippen LogP contribution in [0.4, 0.5) is 13.2 Å². The van der Waals surface area contributed by atoms with Gasteiger partial charge in [-0.15, -0.1) is 5.10 Å². The van der Waals surface area contributed by atoms with Crippen LogP contribution in [0, 0.1) is 4.77 Å². The maximum absolute atomic E-state index is 12.6. The Morgan fingerprint density at radius 3 is 2.71 bits per heavy atom. The number of hydrogen-bond acceptors (Lipinski definition) is 6. The molecule has 0 atom stereocenters. The normalized spacial score (nSPS) is 11.8. The van der Waals surface area contributed by atoms with Crippen LogP contribution >= 0.6 is 12.2 Å². The van der Waals surface area contributed by atoms with E-state index in [0.717, 1.165) is 16.8 Å². The third kappa shape index (κ3) is 4.08. The molecular formula is C15H15F3N8OS. The highest BCUT2D eigenvalue weighted by atomic mass is 32.1. The number of aromatic amines is 1. The first-order valence-electron chi connectivity index (χ1n) is 8.06. The average molecular weight is 412 g/mol. The van der Waals surface area contributed by atoms with E-state index in [4.69, 9.17) is 12.2 Å². The Hall–Kier alpha value is -3.09. The summed E-state index contributed by atoms with van der Waals surface area (Å²) in [4.78, 5) is 16.0. The van der Waals surface area contributed by atoms with Gasteiger partial charge in [-0.1, -0.05) is 5.21 Å². The first-order chi connectivity index (χ1) is 13.2. The molecule has 0 saturated heterocycles. The lowest BCUT2D eigenvalue weighted by Gasteiger charge is -2.10. The van der Waals surface area contributed by atoms with Crippen LogP contribution in [0.1, 0.15) is 41.8 Å². The number of H-pyrrole nitrogens is 1. The molecule has 9 nitrogen and oxygen atoms in total. The van der Waals surface area contributed by atoms with Crippen molar-refractivity contribution in [3.8, 4) is 5.82 Å². The van der Waals surface area contributed by atoms with Crippen LogP contribution in [0.25, 0.3) is 5.82 Å². The molecule has 2 N–H and O–H groups in total. The van der Waals surface area contributed by atoms with Crippen molar-refractivity contribution in [1.29, 1.82) is 0 Å². The summed E-state index contributed by atoms with van der Waals surface area (Å²) in [5.74, 6) is 0.118. The Kier molecular flexibility index (Phi) is 5.27. The van der Waals surface area contributed by atoms with E-state index in [-0.39, 0.29) is 24.1 Å². The number of halogens is 3. The van der Waals surface area contributed by atoms with Gasteiger partial charge in [0.15, 0.2) is 22.1 Å². The average Bonchev–Trinajstić information content (AvgIpc) is 3.26. The molecule has 0 spiro atoms. The van der Waals surface area contributed by atoms with Gasteiger partial charge in [-0.2, -0.15) is 18.3 Å². The number of hydrogen-bond donors (Lipinski definition) is 2. The van der Waals surface area contributed by atoms with Gasteiger partial charge in [-0.05, 0) is 38.2 Å².